The number of rotatable bonds is 7. The molecule has 26 heavy (non-hydrogen) atoms. The molecule has 0 radical (unpaired) electrons. The van der Waals surface area contributed by atoms with Crippen LogP contribution in [0, 0.1) is 0 Å². The van der Waals surface area contributed by atoms with Gasteiger partial charge in [0.05, 0.1) is 7.11 Å². The number of ether oxygens (including phenoxy) is 1. The van der Waals surface area contributed by atoms with E-state index in [1.54, 1.807) is 7.11 Å². The Morgan fingerprint density at radius 1 is 1.08 bits per heavy atom. The number of anilines is 2. The number of hydrogen-bond donors (Lipinski definition) is 2. The van der Waals surface area contributed by atoms with Gasteiger partial charge in [-0.15, -0.1) is 0 Å². The first kappa shape index (κ1) is 17.7. The average Bonchev–Trinajstić information content (AvgIpc) is 2.68. The largest absolute Gasteiger partial charge is 0.497 e. The second-order valence-electron chi connectivity index (χ2n) is 6.23. The van der Waals surface area contributed by atoms with Crippen molar-refractivity contribution in [3.05, 3.63) is 77.5 Å². The Labute approximate surface area is 154 Å². The minimum absolute atomic E-state index is 0.126. The van der Waals surface area contributed by atoms with Crippen molar-refractivity contribution in [3.8, 4) is 5.75 Å². The van der Waals surface area contributed by atoms with Gasteiger partial charge in [-0.1, -0.05) is 42.5 Å². The molecule has 0 saturated carbocycles. The average molecular weight is 348 g/mol. The molecule has 0 spiro atoms. The predicted octanol–water partition coefficient (Wildman–Crippen LogP) is 4.03. The van der Waals surface area contributed by atoms with E-state index in [4.69, 9.17) is 10.5 Å². The van der Waals surface area contributed by atoms with Gasteiger partial charge >= 0.3 is 0 Å². The minimum Gasteiger partial charge on any atom is -0.497 e. The molecule has 1 heterocycles. The molecule has 2 aromatic carbocycles. The standard InChI is InChI=1S/C21H24N4O/c1-15(17-8-4-3-5-9-17)24-20-18(14-23-21(22)25-20)12-11-16-7-6-10-19(13-16)26-2/h3-10,13-15H,11-12H2,1-2H3,(H3,22,23,24,25). The maximum Gasteiger partial charge on any atom is 0.221 e. The lowest BCUT2D eigenvalue weighted by molar-refractivity contribution is 0.414. The molecule has 3 N–H and O–H groups in total. The summed E-state index contributed by atoms with van der Waals surface area (Å²) in [5.74, 6) is 1.93. The van der Waals surface area contributed by atoms with Crippen LogP contribution in [-0.2, 0) is 12.8 Å². The number of aryl methyl sites for hydroxylation is 2. The van der Waals surface area contributed by atoms with E-state index in [0.29, 0.717) is 0 Å². The number of nitrogens with zero attached hydrogens (tertiary/aromatic N) is 2. The van der Waals surface area contributed by atoms with Crippen molar-refractivity contribution in [2.75, 3.05) is 18.2 Å². The molecule has 0 saturated heterocycles. The molecule has 1 atom stereocenters. The molecule has 0 aliphatic carbocycles. The van der Waals surface area contributed by atoms with Gasteiger partial charge in [0.1, 0.15) is 11.6 Å². The van der Waals surface area contributed by atoms with Gasteiger partial charge in [0.25, 0.3) is 0 Å². The minimum atomic E-state index is 0.126. The molecule has 0 aliphatic rings. The van der Waals surface area contributed by atoms with Crippen LogP contribution in [0.2, 0.25) is 0 Å². The zero-order chi connectivity index (χ0) is 18.4. The fourth-order valence-electron chi connectivity index (χ4n) is 2.87. The van der Waals surface area contributed by atoms with Crippen molar-refractivity contribution < 1.29 is 4.74 Å². The number of benzene rings is 2. The third kappa shape index (κ3) is 4.51. The molecule has 0 fully saturated rings. The van der Waals surface area contributed by atoms with E-state index in [2.05, 4.69) is 46.5 Å². The third-order valence-electron chi connectivity index (χ3n) is 4.35. The summed E-state index contributed by atoms with van der Waals surface area (Å²) in [5.41, 5.74) is 9.26. The number of nitrogen functional groups attached to an aromatic ring is 1. The van der Waals surface area contributed by atoms with Crippen LogP contribution in [0.3, 0.4) is 0 Å². The van der Waals surface area contributed by atoms with E-state index in [9.17, 15) is 0 Å². The maximum atomic E-state index is 5.81. The summed E-state index contributed by atoms with van der Waals surface area (Å²) in [4.78, 5) is 8.58. The van der Waals surface area contributed by atoms with Gasteiger partial charge < -0.3 is 15.8 Å². The van der Waals surface area contributed by atoms with Gasteiger partial charge in [0.15, 0.2) is 0 Å². The van der Waals surface area contributed by atoms with Crippen LogP contribution in [0.15, 0.2) is 60.8 Å². The van der Waals surface area contributed by atoms with Crippen LogP contribution in [0.5, 0.6) is 5.75 Å². The van der Waals surface area contributed by atoms with Crippen molar-refractivity contribution in [3.63, 3.8) is 0 Å². The highest BCUT2D eigenvalue weighted by molar-refractivity contribution is 5.48. The highest BCUT2D eigenvalue weighted by atomic mass is 16.5. The third-order valence-corrected chi connectivity index (χ3v) is 4.35. The van der Waals surface area contributed by atoms with Gasteiger partial charge in [-0.3, -0.25) is 0 Å². The Balaban J connectivity index is 1.75. The van der Waals surface area contributed by atoms with Crippen molar-refractivity contribution in [1.29, 1.82) is 0 Å². The van der Waals surface area contributed by atoms with Gasteiger partial charge in [0, 0.05) is 17.8 Å². The Morgan fingerprint density at radius 2 is 1.88 bits per heavy atom. The lowest BCUT2D eigenvalue weighted by Crippen LogP contribution is -2.12. The number of hydrogen-bond acceptors (Lipinski definition) is 5. The fourth-order valence-corrected chi connectivity index (χ4v) is 2.87. The Kier molecular flexibility index (Phi) is 5.69. The summed E-state index contributed by atoms with van der Waals surface area (Å²) < 4.78 is 5.29. The molecule has 3 rings (SSSR count). The van der Waals surface area contributed by atoms with Crippen molar-refractivity contribution in [2.45, 2.75) is 25.8 Å². The summed E-state index contributed by atoms with van der Waals surface area (Å²) >= 11 is 0. The Bertz CT molecular complexity index is 852. The number of nitrogens with one attached hydrogen (secondary N) is 1. The Hall–Kier alpha value is -3.08. The van der Waals surface area contributed by atoms with E-state index >= 15 is 0 Å². The molecular weight excluding hydrogens is 324 g/mol. The zero-order valence-electron chi connectivity index (χ0n) is 15.1. The molecule has 0 bridgehead atoms. The summed E-state index contributed by atoms with van der Waals surface area (Å²) in [6.07, 6.45) is 3.50. The quantitative estimate of drug-likeness (QED) is 0.674. The molecule has 5 nitrogen and oxygen atoms in total. The highest BCUT2D eigenvalue weighted by Crippen LogP contribution is 2.23. The first-order chi connectivity index (χ1) is 12.7. The van der Waals surface area contributed by atoms with Crippen molar-refractivity contribution in [1.82, 2.24) is 9.97 Å². The molecule has 0 aliphatic heterocycles. The predicted molar refractivity (Wildman–Crippen MR) is 105 cm³/mol. The molecule has 3 aromatic rings. The van der Waals surface area contributed by atoms with Crippen LogP contribution in [0.1, 0.15) is 29.7 Å². The fraction of sp³-hybridized carbons (Fsp3) is 0.238. The second-order valence-corrected chi connectivity index (χ2v) is 6.23. The van der Waals surface area contributed by atoms with Crippen LogP contribution in [0.25, 0.3) is 0 Å². The SMILES string of the molecule is COc1cccc(CCc2cnc(N)nc2NC(C)c2ccccc2)c1. The molecule has 134 valence electrons. The molecule has 1 unspecified atom stereocenters. The van der Waals surface area contributed by atoms with E-state index in [0.717, 1.165) is 30.0 Å². The number of nitrogens with two attached hydrogens (primary N) is 1. The lowest BCUT2D eigenvalue weighted by Gasteiger charge is -2.17. The summed E-state index contributed by atoms with van der Waals surface area (Å²) in [6.45, 7) is 2.11. The van der Waals surface area contributed by atoms with Crippen molar-refractivity contribution in [2.24, 2.45) is 0 Å². The number of methoxy groups -OCH3 is 1. The van der Waals surface area contributed by atoms with E-state index in [1.165, 1.54) is 11.1 Å². The summed E-state index contributed by atoms with van der Waals surface area (Å²) in [5, 5.41) is 3.47. The first-order valence-corrected chi connectivity index (χ1v) is 8.71. The monoisotopic (exact) mass is 348 g/mol. The number of aromatic nitrogens is 2. The first-order valence-electron chi connectivity index (χ1n) is 8.71. The Morgan fingerprint density at radius 3 is 2.65 bits per heavy atom. The van der Waals surface area contributed by atoms with Crippen molar-refractivity contribution >= 4 is 11.8 Å². The second kappa shape index (κ2) is 8.34. The molecule has 5 heteroatoms. The van der Waals surface area contributed by atoms with E-state index in [-0.39, 0.29) is 12.0 Å². The van der Waals surface area contributed by atoms with Crippen LogP contribution in [-0.4, -0.2) is 17.1 Å². The van der Waals surface area contributed by atoms with Gasteiger partial charge in [-0.05, 0) is 43.0 Å². The smallest absolute Gasteiger partial charge is 0.221 e. The van der Waals surface area contributed by atoms with Crippen LogP contribution < -0.4 is 15.8 Å². The van der Waals surface area contributed by atoms with E-state index < -0.39 is 0 Å². The van der Waals surface area contributed by atoms with E-state index in [1.807, 2.05) is 36.5 Å². The molecular formula is C21H24N4O. The van der Waals surface area contributed by atoms with Gasteiger partial charge in [-0.2, -0.15) is 4.98 Å². The normalized spacial score (nSPS) is 11.8. The molecule has 0 amide bonds. The summed E-state index contributed by atoms with van der Waals surface area (Å²) in [7, 11) is 1.68. The maximum absolute atomic E-state index is 5.81. The van der Waals surface area contributed by atoms with Gasteiger partial charge in [0.2, 0.25) is 5.95 Å². The van der Waals surface area contributed by atoms with Gasteiger partial charge in [-0.25, -0.2) is 4.98 Å². The zero-order valence-corrected chi connectivity index (χ0v) is 15.1. The van der Waals surface area contributed by atoms with Crippen LogP contribution in [0.4, 0.5) is 11.8 Å². The van der Waals surface area contributed by atoms with Crippen LogP contribution >= 0.6 is 0 Å². The summed E-state index contributed by atoms with van der Waals surface area (Å²) in [6, 6.07) is 18.5. The lowest BCUT2D eigenvalue weighted by atomic mass is 10.0. The highest BCUT2D eigenvalue weighted by Gasteiger charge is 2.11. The molecule has 1 aromatic heterocycles. The topological polar surface area (TPSA) is 73.1 Å².